The van der Waals surface area contributed by atoms with Crippen LogP contribution >= 0.6 is 0 Å². The molecule has 122 valence electrons. The van der Waals surface area contributed by atoms with Crippen molar-refractivity contribution in [1.82, 2.24) is 15.1 Å². The summed E-state index contributed by atoms with van der Waals surface area (Å²) in [5.74, 6) is -0.128. The number of halogens is 3. The number of allylic oxidation sites excluding steroid dienone is 1. The van der Waals surface area contributed by atoms with Crippen LogP contribution in [0.1, 0.15) is 42.6 Å². The van der Waals surface area contributed by atoms with Crippen LogP contribution < -0.4 is 5.32 Å². The average Bonchev–Trinajstić information content (AvgIpc) is 2.84. The first kappa shape index (κ1) is 16.6. The van der Waals surface area contributed by atoms with Gasteiger partial charge in [0.1, 0.15) is 0 Å². The largest absolute Gasteiger partial charge is 0.435 e. The summed E-state index contributed by atoms with van der Waals surface area (Å²) in [7, 11) is 0. The van der Waals surface area contributed by atoms with Crippen molar-refractivity contribution in [3.8, 4) is 0 Å². The number of nitrogens with zero attached hydrogens (tertiary/aromatic N) is 2. The predicted octanol–water partition coefficient (Wildman–Crippen LogP) is 2.86. The first-order valence-corrected chi connectivity index (χ1v) is 7.47. The fourth-order valence-electron chi connectivity index (χ4n) is 2.71. The quantitative estimate of drug-likeness (QED) is 0.821. The van der Waals surface area contributed by atoms with Gasteiger partial charge in [0.2, 0.25) is 5.91 Å². The van der Waals surface area contributed by atoms with E-state index in [0.29, 0.717) is 36.9 Å². The highest BCUT2D eigenvalue weighted by molar-refractivity contribution is 5.75. The van der Waals surface area contributed by atoms with E-state index in [4.69, 9.17) is 0 Å². The zero-order valence-corrected chi connectivity index (χ0v) is 12.4. The molecule has 0 bridgehead atoms. The molecule has 1 aliphatic carbocycles. The first-order valence-electron chi connectivity index (χ1n) is 7.47. The Morgan fingerprint density at radius 1 is 1.36 bits per heavy atom. The number of fused-ring (bicyclic) bond motifs is 1. The van der Waals surface area contributed by atoms with Crippen molar-refractivity contribution in [1.29, 1.82) is 0 Å². The maximum Gasteiger partial charge on any atom is 0.435 e. The second-order valence-electron chi connectivity index (χ2n) is 5.38. The number of amides is 1. The maximum absolute atomic E-state index is 13.0. The molecule has 1 N–H and O–H groups in total. The molecule has 0 saturated heterocycles. The summed E-state index contributed by atoms with van der Waals surface area (Å²) in [6.45, 7) is 4.08. The van der Waals surface area contributed by atoms with Gasteiger partial charge >= 0.3 is 6.18 Å². The summed E-state index contributed by atoms with van der Waals surface area (Å²) >= 11 is 0. The lowest BCUT2D eigenvalue weighted by Crippen LogP contribution is -2.27. The van der Waals surface area contributed by atoms with Crippen molar-refractivity contribution in [2.45, 2.75) is 51.2 Å². The number of nitrogens with one attached hydrogen (secondary N) is 1. The van der Waals surface area contributed by atoms with Gasteiger partial charge in [-0.1, -0.05) is 6.08 Å². The minimum Gasteiger partial charge on any atom is -0.354 e. The van der Waals surface area contributed by atoms with Gasteiger partial charge in [0, 0.05) is 24.2 Å². The SMILES string of the molecule is C=CCCC(=O)NCCn1nc(C(F)(F)F)c2c1CCCC2. The minimum absolute atomic E-state index is 0.128. The Kier molecular flexibility index (Phi) is 5.26. The number of carbonyl (C=O) groups excluding carboxylic acids is 1. The molecule has 0 aromatic carbocycles. The Morgan fingerprint density at radius 2 is 2.09 bits per heavy atom. The fourth-order valence-corrected chi connectivity index (χ4v) is 2.71. The maximum atomic E-state index is 13.0. The second kappa shape index (κ2) is 6.98. The molecule has 0 radical (unpaired) electrons. The third-order valence-electron chi connectivity index (χ3n) is 3.75. The van der Waals surface area contributed by atoms with E-state index in [2.05, 4.69) is 17.0 Å². The van der Waals surface area contributed by atoms with E-state index < -0.39 is 11.9 Å². The van der Waals surface area contributed by atoms with Gasteiger partial charge in [-0.2, -0.15) is 18.3 Å². The average molecular weight is 315 g/mol. The lowest BCUT2D eigenvalue weighted by molar-refractivity contribution is -0.142. The van der Waals surface area contributed by atoms with Crippen LogP contribution in [0.15, 0.2) is 12.7 Å². The van der Waals surface area contributed by atoms with Gasteiger partial charge in [-0.25, -0.2) is 0 Å². The molecular formula is C15H20F3N3O. The van der Waals surface area contributed by atoms with E-state index in [-0.39, 0.29) is 19.0 Å². The highest BCUT2D eigenvalue weighted by Crippen LogP contribution is 2.35. The molecule has 0 atom stereocenters. The van der Waals surface area contributed by atoms with Crippen LogP contribution in [0, 0.1) is 0 Å². The molecule has 0 spiro atoms. The van der Waals surface area contributed by atoms with E-state index in [9.17, 15) is 18.0 Å². The van der Waals surface area contributed by atoms with Crippen molar-refractivity contribution in [3.63, 3.8) is 0 Å². The molecule has 4 nitrogen and oxygen atoms in total. The van der Waals surface area contributed by atoms with Gasteiger partial charge < -0.3 is 5.32 Å². The van der Waals surface area contributed by atoms with Crippen molar-refractivity contribution >= 4 is 5.91 Å². The normalized spacial score (nSPS) is 14.5. The molecule has 0 saturated carbocycles. The van der Waals surface area contributed by atoms with Crippen molar-refractivity contribution in [2.75, 3.05) is 6.54 Å². The number of carbonyl (C=O) groups is 1. The Morgan fingerprint density at radius 3 is 2.77 bits per heavy atom. The van der Waals surface area contributed by atoms with Gasteiger partial charge in [0.15, 0.2) is 5.69 Å². The third kappa shape index (κ3) is 3.90. The number of rotatable bonds is 6. The Balaban J connectivity index is 2.03. The van der Waals surface area contributed by atoms with Gasteiger partial charge in [0.05, 0.1) is 6.54 Å². The van der Waals surface area contributed by atoms with E-state index >= 15 is 0 Å². The van der Waals surface area contributed by atoms with Crippen molar-refractivity contribution in [2.24, 2.45) is 0 Å². The van der Waals surface area contributed by atoms with E-state index in [1.165, 1.54) is 4.68 Å². The van der Waals surface area contributed by atoms with Gasteiger partial charge in [-0.15, -0.1) is 6.58 Å². The number of alkyl halides is 3. The molecule has 1 aromatic heterocycles. The molecule has 1 heterocycles. The molecule has 0 fully saturated rings. The Hall–Kier alpha value is -1.79. The monoisotopic (exact) mass is 315 g/mol. The lowest BCUT2D eigenvalue weighted by Gasteiger charge is -2.14. The first-order chi connectivity index (χ1) is 10.4. The van der Waals surface area contributed by atoms with Gasteiger partial charge in [0.25, 0.3) is 0 Å². The predicted molar refractivity (Wildman–Crippen MR) is 76.3 cm³/mol. The molecule has 22 heavy (non-hydrogen) atoms. The van der Waals surface area contributed by atoms with Crippen LogP contribution in [-0.4, -0.2) is 22.2 Å². The zero-order valence-electron chi connectivity index (χ0n) is 12.4. The summed E-state index contributed by atoms with van der Waals surface area (Å²) in [4.78, 5) is 11.5. The Labute approximate surface area is 127 Å². The standard InChI is InChI=1S/C15H20F3N3O/c1-2-3-8-13(22)19-9-10-21-12-7-5-4-6-11(12)14(20-21)15(16,17)18/h2H,1,3-10H2,(H,19,22). The van der Waals surface area contributed by atoms with E-state index in [0.717, 1.165) is 12.8 Å². The van der Waals surface area contributed by atoms with Crippen LogP contribution in [0.25, 0.3) is 0 Å². The second-order valence-corrected chi connectivity index (χ2v) is 5.38. The highest BCUT2D eigenvalue weighted by Gasteiger charge is 2.39. The lowest BCUT2D eigenvalue weighted by atomic mass is 9.95. The number of aromatic nitrogens is 2. The summed E-state index contributed by atoms with van der Waals surface area (Å²) in [5.41, 5.74) is 0.232. The van der Waals surface area contributed by atoms with Crippen molar-refractivity contribution in [3.05, 3.63) is 29.6 Å². The molecule has 0 aliphatic heterocycles. The molecule has 2 rings (SSSR count). The van der Waals surface area contributed by atoms with E-state index in [1.807, 2.05) is 0 Å². The summed E-state index contributed by atoms with van der Waals surface area (Å²) < 4.78 is 40.5. The fraction of sp³-hybridized carbons (Fsp3) is 0.600. The summed E-state index contributed by atoms with van der Waals surface area (Å²) in [6.07, 6.45) is 0.842. The number of hydrogen-bond donors (Lipinski definition) is 1. The Bertz CT molecular complexity index is 549. The zero-order chi connectivity index (χ0) is 16.2. The summed E-state index contributed by atoms with van der Waals surface area (Å²) in [5, 5.41) is 6.44. The highest BCUT2D eigenvalue weighted by atomic mass is 19.4. The van der Waals surface area contributed by atoms with E-state index in [1.54, 1.807) is 6.08 Å². The molecule has 1 aliphatic rings. The van der Waals surface area contributed by atoms with Gasteiger partial charge in [-0.3, -0.25) is 9.48 Å². The van der Waals surface area contributed by atoms with Crippen LogP contribution in [-0.2, 0) is 30.4 Å². The van der Waals surface area contributed by atoms with Crippen LogP contribution in [0.5, 0.6) is 0 Å². The van der Waals surface area contributed by atoms with Gasteiger partial charge in [-0.05, 0) is 32.1 Å². The molecule has 7 heteroatoms. The molecule has 1 amide bonds. The third-order valence-corrected chi connectivity index (χ3v) is 3.75. The van der Waals surface area contributed by atoms with Crippen LogP contribution in [0.4, 0.5) is 13.2 Å². The van der Waals surface area contributed by atoms with Crippen LogP contribution in [0.3, 0.4) is 0 Å². The van der Waals surface area contributed by atoms with Crippen molar-refractivity contribution < 1.29 is 18.0 Å². The molecule has 0 unspecified atom stereocenters. The summed E-state index contributed by atoms with van der Waals surface area (Å²) in [6, 6.07) is 0. The smallest absolute Gasteiger partial charge is 0.354 e. The molecular weight excluding hydrogens is 295 g/mol. The minimum atomic E-state index is -4.42. The molecule has 1 aromatic rings. The van der Waals surface area contributed by atoms with Crippen LogP contribution in [0.2, 0.25) is 0 Å². The number of hydrogen-bond acceptors (Lipinski definition) is 2. The topological polar surface area (TPSA) is 46.9 Å².